The smallest absolute Gasteiger partial charge is 0.233 e. The first-order chi connectivity index (χ1) is 13.1. The van der Waals surface area contributed by atoms with E-state index in [1.165, 1.54) is 6.07 Å². The second-order valence-corrected chi connectivity index (χ2v) is 7.31. The first-order valence-electron chi connectivity index (χ1n) is 9.85. The molecule has 8 heteroatoms. The van der Waals surface area contributed by atoms with E-state index >= 15 is 0 Å². The molecule has 0 radical (unpaired) electrons. The van der Waals surface area contributed by atoms with Gasteiger partial charge in [0.1, 0.15) is 5.82 Å². The molecule has 0 spiro atoms. The van der Waals surface area contributed by atoms with E-state index in [9.17, 15) is 9.18 Å². The van der Waals surface area contributed by atoms with Crippen molar-refractivity contribution in [3.63, 3.8) is 0 Å². The van der Waals surface area contributed by atoms with Crippen LogP contribution in [-0.4, -0.2) is 62.1 Å². The molecule has 2 aliphatic rings. The fraction of sp³-hybridized carbons (Fsp3) is 0.600. The normalized spacial score (nSPS) is 22.9. The molecule has 1 amide bonds. The van der Waals surface area contributed by atoms with Crippen molar-refractivity contribution in [2.75, 3.05) is 33.2 Å². The lowest BCUT2D eigenvalue weighted by molar-refractivity contribution is -0.122. The molecule has 1 aromatic rings. The van der Waals surface area contributed by atoms with Gasteiger partial charge in [-0.1, -0.05) is 18.2 Å². The number of amides is 1. The monoisotopic (exact) mass is 503 g/mol. The van der Waals surface area contributed by atoms with Crippen LogP contribution >= 0.6 is 24.0 Å². The van der Waals surface area contributed by atoms with Gasteiger partial charge in [-0.05, 0) is 37.8 Å². The van der Waals surface area contributed by atoms with Crippen molar-refractivity contribution in [1.29, 1.82) is 0 Å². The number of nitrogens with zero attached hydrogens (tertiary/aromatic N) is 2. The predicted octanol–water partition coefficient (Wildman–Crippen LogP) is 2.07. The number of piperidine rings is 1. The van der Waals surface area contributed by atoms with Gasteiger partial charge in [-0.25, -0.2) is 4.39 Å². The molecule has 156 valence electrons. The number of nitrogens with one attached hydrogen (secondary N) is 3. The quantitative estimate of drug-likeness (QED) is 0.316. The second-order valence-electron chi connectivity index (χ2n) is 7.31. The Hall–Kier alpha value is -1.42. The van der Waals surface area contributed by atoms with Crippen molar-refractivity contribution in [2.24, 2.45) is 4.99 Å². The van der Waals surface area contributed by atoms with Crippen molar-refractivity contribution in [1.82, 2.24) is 20.9 Å². The Labute approximate surface area is 183 Å². The van der Waals surface area contributed by atoms with Crippen LogP contribution in [0.3, 0.4) is 0 Å². The summed E-state index contributed by atoms with van der Waals surface area (Å²) >= 11 is 0. The van der Waals surface area contributed by atoms with E-state index in [0.717, 1.165) is 43.9 Å². The molecule has 2 atom stereocenters. The van der Waals surface area contributed by atoms with Gasteiger partial charge in [0.05, 0.1) is 6.54 Å². The van der Waals surface area contributed by atoms with Crippen LogP contribution in [0.25, 0.3) is 0 Å². The highest BCUT2D eigenvalue weighted by Gasteiger charge is 2.40. The van der Waals surface area contributed by atoms with Crippen molar-refractivity contribution < 1.29 is 9.18 Å². The summed E-state index contributed by atoms with van der Waals surface area (Å²) in [5.74, 6) is 0.956. The van der Waals surface area contributed by atoms with Crippen LogP contribution in [0.15, 0.2) is 29.3 Å². The Morgan fingerprint density at radius 1 is 1.25 bits per heavy atom. The molecule has 1 aliphatic heterocycles. The molecule has 3 rings (SSSR count). The molecular formula is C20H31FIN5O. The van der Waals surface area contributed by atoms with Crippen molar-refractivity contribution in [2.45, 2.75) is 44.2 Å². The summed E-state index contributed by atoms with van der Waals surface area (Å²) in [6.07, 6.45) is 2.88. The van der Waals surface area contributed by atoms with Gasteiger partial charge >= 0.3 is 0 Å². The maximum atomic E-state index is 14.0. The van der Waals surface area contributed by atoms with Crippen LogP contribution in [0.1, 0.15) is 37.7 Å². The van der Waals surface area contributed by atoms with Gasteiger partial charge < -0.3 is 16.0 Å². The van der Waals surface area contributed by atoms with Crippen LogP contribution in [0.4, 0.5) is 4.39 Å². The van der Waals surface area contributed by atoms with Crippen LogP contribution in [0.2, 0.25) is 0 Å². The molecule has 3 N–H and O–H groups in total. The number of likely N-dealkylation sites (tertiary alicyclic amines) is 1. The zero-order valence-corrected chi connectivity index (χ0v) is 18.9. The second kappa shape index (κ2) is 10.9. The Bertz CT molecular complexity index is 678. The van der Waals surface area contributed by atoms with Gasteiger partial charge in [-0.2, -0.15) is 0 Å². The first-order valence-corrected chi connectivity index (χ1v) is 9.85. The van der Waals surface area contributed by atoms with E-state index in [0.29, 0.717) is 19.1 Å². The maximum Gasteiger partial charge on any atom is 0.233 e. The highest BCUT2D eigenvalue weighted by Crippen LogP contribution is 2.41. The number of aliphatic imine (C=N–C) groups is 1. The third kappa shape index (κ3) is 6.30. The highest BCUT2D eigenvalue weighted by atomic mass is 127. The average molecular weight is 503 g/mol. The lowest BCUT2D eigenvalue weighted by Crippen LogP contribution is -2.50. The third-order valence-corrected chi connectivity index (χ3v) is 5.31. The van der Waals surface area contributed by atoms with Crippen molar-refractivity contribution in [3.8, 4) is 0 Å². The average Bonchev–Trinajstić information content (AvgIpc) is 3.42. The minimum absolute atomic E-state index is 0. The predicted molar refractivity (Wildman–Crippen MR) is 121 cm³/mol. The summed E-state index contributed by atoms with van der Waals surface area (Å²) in [4.78, 5) is 18.2. The molecule has 0 aromatic heterocycles. The summed E-state index contributed by atoms with van der Waals surface area (Å²) in [5, 5.41) is 9.65. The molecule has 28 heavy (non-hydrogen) atoms. The minimum Gasteiger partial charge on any atom is -0.358 e. The maximum absolute atomic E-state index is 14.0. The number of rotatable bonds is 6. The third-order valence-electron chi connectivity index (χ3n) is 5.31. The van der Waals surface area contributed by atoms with Gasteiger partial charge in [0, 0.05) is 44.7 Å². The van der Waals surface area contributed by atoms with Crippen LogP contribution in [-0.2, 0) is 4.79 Å². The van der Waals surface area contributed by atoms with Crippen LogP contribution in [0, 0.1) is 5.82 Å². The molecule has 0 bridgehead atoms. The lowest BCUT2D eigenvalue weighted by Gasteiger charge is -2.32. The largest absolute Gasteiger partial charge is 0.358 e. The van der Waals surface area contributed by atoms with Gasteiger partial charge in [0.2, 0.25) is 5.91 Å². The van der Waals surface area contributed by atoms with E-state index in [-0.39, 0.29) is 47.7 Å². The number of carbonyl (C=O) groups is 1. The molecular weight excluding hydrogens is 472 g/mol. The number of hydrogen-bond acceptors (Lipinski definition) is 3. The van der Waals surface area contributed by atoms with Crippen LogP contribution in [0.5, 0.6) is 0 Å². The Balaban J connectivity index is 0.00000280. The van der Waals surface area contributed by atoms with Gasteiger partial charge in [0.15, 0.2) is 5.96 Å². The van der Waals surface area contributed by atoms with Gasteiger partial charge in [-0.15, -0.1) is 24.0 Å². The number of guanidine groups is 1. The van der Waals surface area contributed by atoms with Gasteiger partial charge in [-0.3, -0.25) is 14.7 Å². The zero-order valence-electron chi connectivity index (χ0n) is 16.6. The van der Waals surface area contributed by atoms with E-state index < -0.39 is 0 Å². The number of hydrogen-bond donors (Lipinski definition) is 3. The standard InChI is InChI=1S/C20H30FN5O.HI/c1-3-23-20(24-14-8-10-26(11-9-14)13-19(27)22-2)25-18-12-16(18)15-6-4-5-7-17(15)21;/h4-7,14,16,18H,3,8-13H2,1-2H3,(H,22,27)(H2,23,24,25);1H. The van der Waals surface area contributed by atoms with E-state index in [2.05, 4.69) is 25.8 Å². The van der Waals surface area contributed by atoms with E-state index in [1.54, 1.807) is 13.1 Å². The van der Waals surface area contributed by atoms with Gasteiger partial charge in [0.25, 0.3) is 0 Å². The number of halogens is 2. The summed E-state index contributed by atoms with van der Waals surface area (Å²) < 4.78 is 14.0. The molecule has 1 aliphatic carbocycles. The molecule has 1 saturated heterocycles. The molecule has 1 saturated carbocycles. The number of likely N-dealkylation sites (N-methyl/N-ethyl adjacent to an activating group) is 1. The number of carbonyl (C=O) groups excluding carboxylic acids is 1. The molecule has 2 fully saturated rings. The van der Waals surface area contributed by atoms with Crippen molar-refractivity contribution in [3.05, 3.63) is 35.6 Å². The highest BCUT2D eigenvalue weighted by molar-refractivity contribution is 14.0. The SMILES string of the molecule is CCN=C(NC1CCN(CC(=O)NC)CC1)NC1CC1c1ccccc1F.I. The molecule has 1 heterocycles. The Morgan fingerprint density at radius 3 is 2.61 bits per heavy atom. The Kier molecular flexibility index (Phi) is 8.94. The van der Waals surface area contributed by atoms with E-state index in [4.69, 9.17) is 0 Å². The zero-order chi connectivity index (χ0) is 19.2. The Morgan fingerprint density at radius 2 is 1.96 bits per heavy atom. The fourth-order valence-electron chi connectivity index (χ4n) is 3.65. The van der Waals surface area contributed by atoms with Crippen molar-refractivity contribution >= 4 is 35.8 Å². The lowest BCUT2D eigenvalue weighted by atomic mass is 10.1. The molecule has 2 unspecified atom stereocenters. The van der Waals surface area contributed by atoms with E-state index in [1.807, 2.05) is 19.1 Å². The topological polar surface area (TPSA) is 68.8 Å². The number of benzene rings is 1. The first kappa shape index (κ1) is 22.9. The molecule has 6 nitrogen and oxygen atoms in total. The summed E-state index contributed by atoms with van der Waals surface area (Å²) in [6.45, 7) is 4.96. The van der Waals surface area contributed by atoms with Crippen LogP contribution < -0.4 is 16.0 Å². The summed E-state index contributed by atoms with van der Waals surface area (Å²) in [7, 11) is 1.67. The fourth-order valence-corrected chi connectivity index (χ4v) is 3.65. The summed E-state index contributed by atoms with van der Waals surface area (Å²) in [6, 6.07) is 7.58. The summed E-state index contributed by atoms with van der Waals surface area (Å²) in [5.41, 5.74) is 0.786. The minimum atomic E-state index is -0.128. The molecule has 1 aromatic carbocycles.